The number of carbonyl (C=O) groups is 1. The Bertz CT molecular complexity index is 1020. The van der Waals surface area contributed by atoms with Gasteiger partial charge in [0.05, 0.1) is 10.6 Å². The fourth-order valence-corrected chi connectivity index (χ4v) is 3.59. The molecule has 0 aliphatic rings. The molecule has 3 aromatic rings. The van der Waals surface area contributed by atoms with E-state index in [0.29, 0.717) is 18.5 Å². The lowest BCUT2D eigenvalue weighted by atomic mass is 10.1. The number of sulfonamides is 1. The van der Waals surface area contributed by atoms with Crippen molar-refractivity contribution in [3.05, 3.63) is 66.0 Å². The molecule has 1 N–H and O–H groups in total. The van der Waals surface area contributed by atoms with Gasteiger partial charge in [0.25, 0.3) is 10.0 Å². The second-order valence-corrected chi connectivity index (χ2v) is 7.80. The lowest BCUT2D eigenvalue weighted by molar-refractivity contribution is -0.119. The Hall–Kier alpha value is -3.07. The standard InChI is InChI=1S/C18H19N5O3S/c1-14-8-10-15(11-9-14)4-2-7-18(24)20-27(25,26)17-6-3-5-16(12-17)23-13-19-21-22-23/h3,5-6,8-13H,2,4,7H2,1H3,(H,20,24). The van der Waals surface area contributed by atoms with E-state index in [1.54, 1.807) is 12.1 Å². The van der Waals surface area contributed by atoms with Gasteiger partial charge in [-0.05, 0) is 54.0 Å². The molecule has 0 saturated carbocycles. The summed E-state index contributed by atoms with van der Waals surface area (Å²) in [6, 6.07) is 14.1. The molecule has 0 fully saturated rings. The predicted octanol–water partition coefficient (Wildman–Crippen LogP) is 1.80. The van der Waals surface area contributed by atoms with E-state index in [-0.39, 0.29) is 11.3 Å². The molecule has 2 aromatic carbocycles. The second kappa shape index (κ2) is 8.09. The maximum atomic E-state index is 12.4. The highest BCUT2D eigenvalue weighted by molar-refractivity contribution is 7.90. The van der Waals surface area contributed by atoms with Crippen LogP contribution >= 0.6 is 0 Å². The van der Waals surface area contributed by atoms with Crippen molar-refractivity contribution in [2.75, 3.05) is 0 Å². The van der Waals surface area contributed by atoms with Crippen LogP contribution in [0, 0.1) is 6.92 Å². The molecule has 0 atom stereocenters. The Kier molecular flexibility index (Phi) is 5.60. The molecule has 0 radical (unpaired) electrons. The van der Waals surface area contributed by atoms with E-state index in [2.05, 4.69) is 20.2 Å². The second-order valence-electron chi connectivity index (χ2n) is 6.12. The van der Waals surface area contributed by atoms with Crippen molar-refractivity contribution in [3.63, 3.8) is 0 Å². The van der Waals surface area contributed by atoms with Gasteiger partial charge in [0.2, 0.25) is 5.91 Å². The smallest absolute Gasteiger partial charge is 0.264 e. The zero-order chi connectivity index (χ0) is 19.3. The van der Waals surface area contributed by atoms with Gasteiger partial charge in [-0.25, -0.2) is 17.8 Å². The van der Waals surface area contributed by atoms with E-state index < -0.39 is 15.9 Å². The molecule has 3 rings (SSSR count). The molecule has 0 aliphatic heterocycles. The normalized spacial score (nSPS) is 11.3. The fraction of sp³-hybridized carbons (Fsp3) is 0.222. The summed E-state index contributed by atoms with van der Waals surface area (Å²) < 4.78 is 28.3. The lowest BCUT2D eigenvalue weighted by Gasteiger charge is -2.08. The number of carbonyl (C=O) groups excluding carboxylic acids is 1. The van der Waals surface area contributed by atoms with Crippen LogP contribution in [0.2, 0.25) is 0 Å². The average Bonchev–Trinajstić information content (AvgIpc) is 3.18. The Balaban J connectivity index is 1.59. The van der Waals surface area contributed by atoms with Crippen LogP contribution in [0.5, 0.6) is 0 Å². The van der Waals surface area contributed by atoms with Gasteiger partial charge < -0.3 is 0 Å². The van der Waals surface area contributed by atoms with Gasteiger partial charge in [-0.3, -0.25) is 4.79 Å². The van der Waals surface area contributed by atoms with Crippen molar-refractivity contribution in [1.29, 1.82) is 0 Å². The Morgan fingerprint density at radius 1 is 1.15 bits per heavy atom. The molecule has 1 heterocycles. The number of hydrogen-bond donors (Lipinski definition) is 1. The van der Waals surface area contributed by atoms with Gasteiger partial charge in [-0.1, -0.05) is 35.9 Å². The topological polar surface area (TPSA) is 107 Å². The highest BCUT2D eigenvalue weighted by Crippen LogP contribution is 2.14. The van der Waals surface area contributed by atoms with Gasteiger partial charge in [0.15, 0.2) is 0 Å². The van der Waals surface area contributed by atoms with Crippen LogP contribution in [0.25, 0.3) is 5.69 Å². The van der Waals surface area contributed by atoms with Gasteiger partial charge >= 0.3 is 0 Å². The van der Waals surface area contributed by atoms with Crippen molar-refractivity contribution in [3.8, 4) is 5.69 Å². The summed E-state index contributed by atoms with van der Waals surface area (Å²) in [5.41, 5.74) is 2.77. The Labute approximate surface area is 157 Å². The van der Waals surface area contributed by atoms with Gasteiger partial charge in [0, 0.05) is 6.42 Å². The number of nitrogens with one attached hydrogen (secondary N) is 1. The molecule has 140 valence electrons. The van der Waals surface area contributed by atoms with Crippen molar-refractivity contribution in [2.45, 2.75) is 31.1 Å². The van der Waals surface area contributed by atoms with Crippen LogP contribution in [0.4, 0.5) is 0 Å². The monoisotopic (exact) mass is 385 g/mol. The van der Waals surface area contributed by atoms with Crippen molar-refractivity contribution in [2.24, 2.45) is 0 Å². The summed E-state index contributed by atoms with van der Waals surface area (Å²) in [6.07, 6.45) is 2.76. The maximum Gasteiger partial charge on any atom is 0.264 e. The van der Waals surface area contributed by atoms with Gasteiger partial charge in [0.1, 0.15) is 6.33 Å². The number of hydrogen-bond acceptors (Lipinski definition) is 6. The van der Waals surface area contributed by atoms with E-state index >= 15 is 0 Å². The highest BCUT2D eigenvalue weighted by Gasteiger charge is 2.18. The quantitative estimate of drug-likeness (QED) is 0.665. The van der Waals surface area contributed by atoms with Crippen molar-refractivity contribution >= 4 is 15.9 Å². The van der Waals surface area contributed by atoms with Crippen LogP contribution in [0.15, 0.2) is 59.8 Å². The van der Waals surface area contributed by atoms with E-state index in [1.165, 1.54) is 28.7 Å². The number of benzene rings is 2. The molecule has 0 aliphatic carbocycles. The largest absolute Gasteiger partial charge is 0.274 e. The van der Waals surface area contributed by atoms with Crippen LogP contribution in [0.1, 0.15) is 24.0 Å². The third-order valence-corrected chi connectivity index (χ3v) is 5.35. The fourth-order valence-electron chi connectivity index (χ4n) is 2.54. The van der Waals surface area contributed by atoms with Crippen LogP contribution in [0.3, 0.4) is 0 Å². The molecule has 27 heavy (non-hydrogen) atoms. The first-order valence-corrected chi connectivity index (χ1v) is 9.87. The minimum atomic E-state index is -3.96. The highest BCUT2D eigenvalue weighted by atomic mass is 32.2. The van der Waals surface area contributed by atoms with Gasteiger partial charge in [-0.2, -0.15) is 0 Å². The maximum absolute atomic E-state index is 12.4. The molecule has 0 spiro atoms. The minimum absolute atomic E-state index is 0.0256. The Morgan fingerprint density at radius 3 is 2.63 bits per heavy atom. The number of aryl methyl sites for hydroxylation is 2. The molecular formula is C18H19N5O3S. The number of rotatable bonds is 7. The summed E-state index contributed by atoms with van der Waals surface area (Å²) in [5.74, 6) is -0.532. The van der Waals surface area contributed by atoms with E-state index in [9.17, 15) is 13.2 Å². The van der Waals surface area contributed by atoms with E-state index in [0.717, 1.165) is 5.56 Å². The molecule has 0 unspecified atom stereocenters. The number of tetrazole rings is 1. The zero-order valence-electron chi connectivity index (χ0n) is 14.7. The third kappa shape index (κ3) is 4.98. The van der Waals surface area contributed by atoms with Crippen LogP contribution in [-0.2, 0) is 21.2 Å². The van der Waals surface area contributed by atoms with E-state index in [1.807, 2.05) is 31.2 Å². The number of amides is 1. The van der Waals surface area contributed by atoms with E-state index in [4.69, 9.17) is 0 Å². The number of nitrogens with zero attached hydrogens (tertiary/aromatic N) is 4. The van der Waals surface area contributed by atoms with Crippen LogP contribution < -0.4 is 4.72 Å². The number of aromatic nitrogens is 4. The minimum Gasteiger partial charge on any atom is -0.274 e. The molecule has 8 nitrogen and oxygen atoms in total. The Morgan fingerprint density at radius 2 is 1.93 bits per heavy atom. The summed E-state index contributed by atoms with van der Waals surface area (Å²) in [4.78, 5) is 12.0. The third-order valence-electron chi connectivity index (χ3n) is 3.98. The van der Waals surface area contributed by atoms with Crippen molar-refractivity contribution in [1.82, 2.24) is 24.9 Å². The summed E-state index contributed by atoms with van der Waals surface area (Å²) >= 11 is 0. The summed E-state index contributed by atoms with van der Waals surface area (Å²) in [5, 5.41) is 10.7. The molecule has 0 saturated heterocycles. The average molecular weight is 385 g/mol. The van der Waals surface area contributed by atoms with Crippen molar-refractivity contribution < 1.29 is 13.2 Å². The molecule has 9 heteroatoms. The van der Waals surface area contributed by atoms with Crippen LogP contribution in [-0.4, -0.2) is 34.5 Å². The summed E-state index contributed by atoms with van der Waals surface area (Å²) in [6.45, 7) is 2.01. The predicted molar refractivity (Wildman–Crippen MR) is 98.6 cm³/mol. The SMILES string of the molecule is Cc1ccc(CCCC(=O)NS(=O)(=O)c2cccc(-n3cnnn3)c2)cc1. The van der Waals surface area contributed by atoms with Gasteiger partial charge in [-0.15, -0.1) is 5.10 Å². The zero-order valence-corrected chi connectivity index (χ0v) is 15.6. The molecular weight excluding hydrogens is 366 g/mol. The first-order valence-electron chi connectivity index (χ1n) is 8.39. The first kappa shape index (κ1) is 18.7. The molecule has 0 bridgehead atoms. The molecule has 1 aromatic heterocycles. The lowest BCUT2D eigenvalue weighted by Crippen LogP contribution is -2.30. The first-order chi connectivity index (χ1) is 12.9. The molecule has 1 amide bonds. The summed E-state index contributed by atoms with van der Waals surface area (Å²) in [7, 11) is -3.96.